The Balaban J connectivity index is 1.98. The number of hydrogen-bond donors (Lipinski definition) is 1. The van der Waals surface area contributed by atoms with Crippen molar-refractivity contribution in [2.45, 2.75) is 39.5 Å². The molecule has 0 bridgehead atoms. The van der Waals surface area contributed by atoms with Gasteiger partial charge in [-0.3, -0.25) is 4.79 Å². The number of amides is 1. The minimum Gasteiger partial charge on any atom is -0.496 e. The summed E-state index contributed by atoms with van der Waals surface area (Å²) >= 11 is 0. The number of benzene rings is 2. The molecule has 0 aliphatic rings. The predicted molar refractivity (Wildman–Crippen MR) is 105 cm³/mol. The van der Waals surface area contributed by atoms with E-state index in [-0.39, 0.29) is 5.91 Å². The van der Waals surface area contributed by atoms with Gasteiger partial charge < -0.3 is 14.8 Å². The van der Waals surface area contributed by atoms with Gasteiger partial charge >= 0.3 is 0 Å². The highest BCUT2D eigenvalue weighted by atomic mass is 16.5. The molecule has 2 rings (SSSR count). The molecule has 0 fully saturated rings. The minimum atomic E-state index is -0.0351. The summed E-state index contributed by atoms with van der Waals surface area (Å²) in [5.74, 6) is 1.99. The van der Waals surface area contributed by atoms with E-state index in [0.717, 1.165) is 41.0 Å². The van der Waals surface area contributed by atoms with E-state index in [1.54, 1.807) is 14.2 Å². The second kappa shape index (κ2) is 9.27. The fraction of sp³-hybridized carbons (Fsp3) is 0.409. The number of methoxy groups -OCH3 is 2. The average molecular weight is 355 g/mol. The first kappa shape index (κ1) is 19.8. The Hall–Kier alpha value is -2.49. The Labute approximate surface area is 156 Å². The largest absolute Gasteiger partial charge is 0.496 e. The zero-order valence-corrected chi connectivity index (χ0v) is 16.4. The van der Waals surface area contributed by atoms with Crippen LogP contribution in [-0.4, -0.2) is 26.7 Å². The van der Waals surface area contributed by atoms with Crippen LogP contribution < -0.4 is 14.8 Å². The summed E-state index contributed by atoms with van der Waals surface area (Å²) in [5, 5.41) is 3.03. The topological polar surface area (TPSA) is 47.6 Å². The average Bonchev–Trinajstić information content (AvgIpc) is 2.64. The molecule has 0 unspecified atom stereocenters. The Morgan fingerprint density at radius 1 is 1.08 bits per heavy atom. The van der Waals surface area contributed by atoms with Crippen LogP contribution >= 0.6 is 0 Å². The zero-order chi connectivity index (χ0) is 19.1. The SMILES string of the molecule is COc1ccccc1CCCNC(=O)c1cc(C(C)C)c(OC)cc1C. The Morgan fingerprint density at radius 2 is 1.77 bits per heavy atom. The molecule has 0 saturated carbocycles. The number of aryl methyl sites for hydroxylation is 2. The molecule has 140 valence electrons. The van der Waals surface area contributed by atoms with Crippen LogP contribution in [0.3, 0.4) is 0 Å². The number of carbonyl (C=O) groups excluding carboxylic acids is 1. The minimum absolute atomic E-state index is 0.0351. The van der Waals surface area contributed by atoms with Crippen molar-refractivity contribution in [3.05, 3.63) is 58.7 Å². The zero-order valence-electron chi connectivity index (χ0n) is 16.4. The molecular formula is C22H29NO3. The van der Waals surface area contributed by atoms with E-state index < -0.39 is 0 Å². The molecule has 0 radical (unpaired) electrons. The molecule has 0 aliphatic heterocycles. The Kier molecular flexibility index (Phi) is 7.07. The highest BCUT2D eigenvalue weighted by molar-refractivity contribution is 5.96. The van der Waals surface area contributed by atoms with E-state index >= 15 is 0 Å². The summed E-state index contributed by atoms with van der Waals surface area (Å²) in [4.78, 5) is 12.6. The second-order valence-corrected chi connectivity index (χ2v) is 6.74. The maximum Gasteiger partial charge on any atom is 0.251 e. The fourth-order valence-corrected chi connectivity index (χ4v) is 3.06. The molecule has 0 saturated heterocycles. The smallest absolute Gasteiger partial charge is 0.251 e. The van der Waals surface area contributed by atoms with E-state index in [0.29, 0.717) is 18.0 Å². The lowest BCUT2D eigenvalue weighted by Crippen LogP contribution is -2.25. The summed E-state index contributed by atoms with van der Waals surface area (Å²) in [6.45, 7) is 6.76. The van der Waals surface area contributed by atoms with E-state index in [9.17, 15) is 4.79 Å². The van der Waals surface area contributed by atoms with Gasteiger partial charge in [0.25, 0.3) is 5.91 Å². The number of rotatable bonds is 8. The number of nitrogens with one attached hydrogen (secondary N) is 1. The van der Waals surface area contributed by atoms with Crippen LogP contribution in [0.25, 0.3) is 0 Å². The lowest BCUT2D eigenvalue weighted by Gasteiger charge is -2.16. The summed E-state index contributed by atoms with van der Waals surface area (Å²) < 4.78 is 10.8. The first-order valence-corrected chi connectivity index (χ1v) is 9.06. The highest BCUT2D eigenvalue weighted by Gasteiger charge is 2.15. The van der Waals surface area contributed by atoms with Gasteiger partial charge in [-0.15, -0.1) is 0 Å². The first-order valence-electron chi connectivity index (χ1n) is 9.06. The third-order valence-electron chi connectivity index (χ3n) is 4.54. The van der Waals surface area contributed by atoms with Crippen molar-refractivity contribution in [1.82, 2.24) is 5.32 Å². The molecule has 1 N–H and O–H groups in total. The molecule has 4 nitrogen and oxygen atoms in total. The molecular weight excluding hydrogens is 326 g/mol. The highest BCUT2D eigenvalue weighted by Crippen LogP contribution is 2.29. The molecule has 0 aliphatic carbocycles. The van der Waals surface area contributed by atoms with Gasteiger partial charge in [-0.05, 0) is 60.6 Å². The van der Waals surface area contributed by atoms with Crippen molar-refractivity contribution in [3.63, 3.8) is 0 Å². The van der Waals surface area contributed by atoms with Crippen LogP contribution in [0, 0.1) is 6.92 Å². The monoisotopic (exact) mass is 355 g/mol. The van der Waals surface area contributed by atoms with Gasteiger partial charge in [0.2, 0.25) is 0 Å². The lowest BCUT2D eigenvalue weighted by atomic mass is 9.96. The van der Waals surface area contributed by atoms with Gasteiger partial charge in [-0.1, -0.05) is 32.0 Å². The molecule has 1 amide bonds. The van der Waals surface area contributed by atoms with Crippen LogP contribution in [-0.2, 0) is 6.42 Å². The number of ether oxygens (including phenoxy) is 2. The first-order chi connectivity index (χ1) is 12.5. The van der Waals surface area contributed by atoms with Gasteiger partial charge in [0, 0.05) is 12.1 Å². The molecule has 2 aromatic rings. The van der Waals surface area contributed by atoms with Gasteiger partial charge in [0.1, 0.15) is 11.5 Å². The summed E-state index contributed by atoms with van der Waals surface area (Å²) in [6, 6.07) is 11.9. The van der Waals surface area contributed by atoms with Gasteiger partial charge in [-0.25, -0.2) is 0 Å². The molecule has 0 spiro atoms. The Morgan fingerprint density at radius 3 is 2.42 bits per heavy atom. The third-order valence-corrected chi connectivity index (χ3v) is 4.54. The second-order valence-electron chi connectivity index (χ2n) is 6.74. The standard InChI is InChI=1S/C22H29NO3/c1-15(2)18-14-19(16(3)13-21(18)26-5)22(24)23-12-8-10-17-9-6-7-11-20(17)25-4/h6-7,9,11,13-15H,8,10,12H2,1-5H3,(H,23,24). The van der Waals surface area contributed by atoms with Crippen molar-refractivity contribution in [2.24, 2.45) is 0 Å². The molecule has 2 aromatic carbocycles. The predicted octanol–water partition coefficient (Wildman–Crippen LogP) is 4.50. The quantitative estimate of drug-likeness (QED) is 0.709. The molecule has 26 heavy (non-hydrogen) atoms. The van der Waals surface area contributed by atoms with Crippen molar-refractivity contribution in [1.29, 1.82) is 0 Å². The van der Waals surface area contributed by atoms with Crippen LogP contribution in [0.2, 0.25) is 0 Å². The van der Waals surface area contributed by atoms with Gasteiger partial charge in [0.05, 0.1) is 14.2 Å². The lowest BCUT2D eigenvalue weighted by molar-refractivity contribution is 0.0952. The molecule has 4 heteroatoms. The van der Waals surface area contributed by atoms with Gasteiger partial charge in [-0.2, -0.15) is 0 Å². The van der Waals surface area contributed by atoms with E-state index in [1.807, 2.05) is 37.3 Å². The summed E-state index contributed by atoms with van der Waals surface area (Å²) in [7, 11) is 3.34. The fourth-order valence-electron chi connectivity index (χ4n) is 3.06. The van der Waals surface area contributed by atoms with Crippen molar-refractivity contribution >= 4 is 5.91 Å². The van der Waals surface area contributed by atoms with Crippen LogP contribution in [0.15, 0.2) is 36.4 Å². The van der Waals surface area contributed by atoms with Crippen molar-refractivity contribution < 1.29 is 14.3 Å². The number of para-hydroxylation sites is 1. The maximum absolute atomic E-state index is 12.6. The van der Waals surface area contributed by atoms with Crippen molar-refractivity contribution in [2.75, 3.05) is 20.8 Å². The summed E-state index contributed by atoms with van der Waals surface area (Å²) in [6.07, 6.45) is 1.72. The summed E-state index contributed by atoms with van der Waals surface area (Å²) in [5.41, 5.74) is 3.85. The van der Waals surface area contributed by atoms with Gasteiger partial charge in [0.15, 0.2) is 0 Å². The Bertz CT molecular complexity index is 753. The third kappa shape index (κ3) is 4.78. The number of hydrogen-bond acceptors (Lipinski definition) is 3. The molecule has 0 aromatic heterocycles. The van der Waals surface area contributed by atoms with Crippen LogP contribution in [0.1, 0.15) is 53.2 Å². The van der Waals surface area contributed by atoms with Crippen LogP contribution in [0.5, 0.6) is 11.5 Å². The maximum atomic E-state index is 12.6. The van der Waals surface area contributed by atoms with E-state index in [2.05, 4.69) is 25.2 Å². The van der Waals surface area contributed by atoms with Crippen LogP contribution in [0.4, 0.5) is 0 Å². The van der Waals surface area contributed by atoms with E-state index in [1.165, 1.54) is 0 Å². The van der Waals surface area contributed by atoms with Crippen molar-refractivity contribution in [3.8, 4) is 11.5 Å². The van der Waals surface area contributed by atoms with E-state index in [4.69, 9.17) is 9.47 Å². The normalized spacial score (nSPS) is 10.7. The molecule has 0 heterocycles. The molecule has 0 atom stereocenters. The number of carbonyl (C=O) groups is 1.